The van der Waals surface area contributed by atoms with E-state index in [2.05, 4.69) is 15.3 Å². The summed E-state index contributed by atoms with van der Waals surface area (Å²) >= 11 is 0. The van der Waals surface area contributed by atoms with Gasteiger partial charge in [0.15, 0.2) is 0 Å². The van der Waals surface area contributed by atoms with E-state index in [4.69, 9.17) is 14.6 Å². The lowest BCUT2D eigenvalue weighted by atomic mass is 9.98. The van der Waals surface area contributed by atoms with Gasteiger partial charge in [-0.25, -0.2) is 4.79 Å². The van der Waals surface area contributed by atoms with Crippen LogP contribution in [0.3, 0.4) is 0 Å². The topological polar surface area (TPSA) is 110 Å². The van der Waals surface area contributed by atoms with Crippen molar-refractivity contribution in [3.63, 3.8) is 0 Å². The van der Waals surface area contributed by atoms with E-state index in [0.717, 1.165) is 11.4 Å². The molecule has 1 atom stereocenters. The van der Waals surface area contributed by atoms with E-state index >= 15 is 0 Å². The Morgan fingerprint density at radius 1 is 1.39 bits per heavy atom. The molecule has 0 aliphatic carbocycles. The molecule has 1 amide bonds. The predicted octanol–water partition coefficient (Wildman–Crippen LogP) is 1.23. The summed E-state index contributed by atoms with van der Waals surface area (Å²) < 4.78 is 38.8. The Morgan fingerprint density at radius 2 is 2.07 bits per heavy atom. The van der Waals surface area contributed by atoms with Crippen LogP contribution in [0.5, 0.6) is 0 Å². The predicted molar refractivity (Wildman–Crippen MR) is 88.3 cm³/mol. The quantitative estimate of drug-likeness (QED) is 0.824. The van der Waals surface area contributed by atoms with Crippen molar-refractivity contribution in [2.75, 3.05) is 20.3 Å². The van der Waals surface area contributed by atoms with Gasteiger partial charge in [-0.3, -0.25) is 14.5 Å². The van der Waals surface area contributed by atoms with E-state index < -0.39 is 12.1 Å². The van der Waals surface area contributed by atoms with Crippen molar-refractivity contribution in [1.82, 2.24) is 24.9 Å². The van der Waals surface area contributed by atoms with E-state index in [-0.39, 0.29) is 11.8 Å². The number of ether oxygens (including phenoxy) is 1. The Labute approximate surface area is 157 Å². The van der Waals surface area contributed by atoms with Gasteiger partial charge in [-0.15, -0.1) is 5.10 Å². The fourth-order valence-corrected chi connectivity index (χ4v) is 2.78. The molecule has 0 radical (unpaired) electrons. The van der Waals surface area contributed by atoms with E-state index in [1.165, 1.54) is 0 Å². The Bertz CT molecular complexity index is 825. The number of fused-ring (bicyclic) bond motifs is 1. The molecule has 0 bridgehead atoms. The molecular weight excluding hydrogens is 383 g/mol. The van der Waals surface area contributed by atoms with Crippen LogP contribution in [-0.2, 0) is 23.1 Å². The van der Waals surface area contributed by atoms with E-state index in [9.17, 15) is 18.0 Å². The van der Waals surface area contributed by atoms with Gasteiger partial charge in [-0.2, -0.15) is 13.2 Å². The summed E-state index contributed by atoms with van der Waals surface area (Å²) in [6.45, 7) is 1.60. The number of halogens is 3. The van der Waals surface area contributed by atoms with Crippen LogP contribution < -0.4 is 0 Å². The van der Waals surface area contributed by atoms with E-state index in [1.54, 1.807) is 41.2 Å². The SMILES string of the molecule is COCC1CN(C(=O)c2cccnc2)Cc2nnn(C)c21.O=C(O)C(F)(F)F. The first-order valence-electron chi connectivity index (χ1n) is 8.02. The molecule has 12 heteroatoms. The molecule has 1 N–H and O–H groups in total. The average molecular weight is 401 g/mol. The molecule has 0 saturated carbocycles. The number of carboxylic acid groups (broad SMARTS) is 1. The van der Waals surface area contributed by atoms with E-state index in [0.29, 0.717) is 25.3 Å². The van der Waals surface area contributed by atoms with Crippen LogP contribution in [0.1, 0.15) is 27.7 Å². The Kier molecular flexibility index (Phi) is 6.67. The smallest absolute Gasteiger partial charge is 0.475 e. The number of hydrogen-bond acceptors (Lipinski definition) is 6. The standard InChI is InChI=1S/C14H17N5O2.C2HF3O2/c1-18-13-11(9-21-2)7-19(8-12(13)16-17-18)14(20)10-4-3-5-15-6-10;3-2(4,5)1(6)7/h3-6,11H,7-9H2,1-2H3;(H,6,7). The van der Waals surface area contributed by atoms with Gasteiger partial charge in [0.2, 0.25) is 0 Å². The summed E-state index contributed by atoms with van der Waals surface area (Å²) in [4.78, 5) is 27.2. The van der Waals surface area contributed by atoms with Crippen LogP contribution in [-0.4, -0.2) is 68.3 Å². The van der Waals surface area contributed by atoms with E-state index in [1.807, 2.05) is 7.05 Å². The number of aryl methyl sites for hydroxylation is 1. The minimum Gasteiger partial charge on any atom is -0.475 e. The molecule has 0 spiro atoms. The molecule has 1 aliphatic heterocycles. The summed E-state index contributed by atoms with van der Waals surface area (Å²) in [5.41, 5.74) is 2.47. The molecule has 1 unspecified atom stereocenters. The van der Waals surface area contributed by atoms with Crippen LogP contribution in [0, 0.1) is 0 Å². The summed E-state index contributed by atoms with van der Waals surface area (Å²) in [6, 6.07) is 3.53. The zero-order valence-corrected chi connectivity index (χ0v) is 15.0. The number of pyridine rings is 1. The number of alkyl halides is 3. The van der Waals surface area contributed by atoms with Gasteiger partial charge < -0.3 is 14.7 Å². The fourth-order valence-electron chi connectivity index (χ4n) is 2.78. The molecule has 9 nitrogen and oxygen atoms in total. The van der Waals surface area contributed by atoms with Gasteiger partial charge in [0.25, 0.3) is 5.91 Å². The monoisotopic (exact) mass is 401 g/mol. The molecule has 0 aromatic carbocycles. The van der Waals surface area contributed by atoms with Crippen LogP contribution in [0.4, 0.5) is 13.2 Å². The summed E-state index contributed by atoms with van der Waals surface area (Å²) in [5.74, 6) is -2.72. The Morgan fingerprint density at radius 3 is 2.61 bits per heavy atom. The second kappa shape index (κ2) is 8.78. The van der Waals surface area contributed by atoms with Crippen molar-refractivity contribution in [2.45, 2.75) is 18.6 Å². The number of amides is 1. The Hall–Kier alpha value is -3.02. The lowest BCUT2D eigenvalue weighted by molar-refractivity contribution is -0.192. The van der Waals surface area contributed by atoms with Crippen molar-refractivity contribution in [3.8, 4) is 0 Å². The normalized spacial score (nSPS) is 16.0. The third kappa shape index (κ3) is 5.03. The molecule has 3 heterocycles. The zero-order chi connectivity index (χ0) is 20.9. The second-order valence-corrected chi connectivity index (χ2v) is 5.93. The second-order valence-electron chi connectivity index (χ2n) is 5.93. The van der Waals surface area contributed by atoms with Crippen molar-refractivity contribution in [2.24, 2.45) is 7.05 Å². The zero-order valence-electron chi connectivity index (χ0n) is 15.0. The first-order valence-corrected chi connectivity index (χ1v) is 8.02. The highest BCUT2D eigenvalue weighted by molar-refractivity contribution is 5.94. The summed E-state index contributed by atoms with van der Waals surface area (Å²) in [5, 5.41) is 15.3. The number of carbonyl (C=O) groups excluding carboxylic acids is 1. The third-order valence-corrected chi connectivity index (χ3v) is 3.92. The fraction of sp³-hybridized carbons (Fsp3) is 0.438. The number of carbonyl (C=O) groups is 2. The van der Waals surface area contributed by atoms with Gasteiger partial charge in [-0.05, 0) is 12.1 Å². The van der Waals surface area contributed by atoms with Crippen molar-refractivity contribution < 1.29 is 32.6 Å². The first-order chi connectivity index (χ1) is 13.1. The minimum absolute atomic E-state index is 0.0412. The third-order valence-electron chi connectivity index (χ3n) is 3.92. The van der Waals surface area contributed by atoms with Gasteiger partial charge in [-0.1, -0.05) is 5.21 Å². The van der Waals surface area contributed by atoms with Crippen molar-refractivity contribution >= 4 is 11.9 Å². The number of carboxylic acids is 1. The number of methoxy groups -OCH3 is 1. The van der Waals surface area contributed by atoms with Crippen LogP contribution in [0.15, 0.2) is 24.5 Å². The highest BCUT2D eigenvalue weighted by Crippen LogP contribution is 2.27. The van der Waals surface area contributed by atoms with Crippen molar-refractivity contribution in [3.05, 3.63) is 41.5 Å². The molecule has 1 aliphatic rings. The highest BCUT2D eigenvalue weighted by atomic mass is 19.4. The van der Waals surface area contributed by atoms with Gasteiger partial charge in [0.1, 0.15) is 5.69 Å². The summed E-state index contributed by atoms with van der Waals surface area (Å²) in [7, 11) is 3.53. The highest BCUT2D eigenvalue weighted by Gasteiger charge is 2.38. The number of aromatic nitrogens is 4. The molecule has 0 fully saturated rings. The molecule has 3 rings (SSSR count). The molecule has 0 saturated heterocycles. The summed E-state index contributed by atoms with van der Waals surface area (Å²) in [6.07, 6.45) is -1.85. The van der Waals surface area contributed by atoms with Gasteiger partial charge >= 0.3 is 12.1 Å². The lowest BCUT2D eigenvalue weighted by Crippen LogP contribution is -2.40. The van der Waals surface area contributed by atoms with Crippen LogP contribution >= 0.6 is 0 Å². The Balaban J connectivity index is 0.000000345. The molecule has 152 valence electrons. The maximum absolute atomic E-state index is 12.6. The van der Waals surface area contributed by atoms with Crippen LogP contribution in [0.25, 0.3) is 0 Å². The molecule has 2 aromatic rings. The lowest BCUT2D eigenvalue weighted by Gasteiger charge is -2.31. The van der Waals surface area contributed by atoms with Crippen LogP contribution in [0.2, 0.25) is 0 Å². The first kappa shape index (κ1) is 21.3. The maximum atomic E-state index is 12.6. The van der Waals surface area contributed by atoms with Gasteiger partial charge in [0.05, 0.1) is 24.4 Å². The maximum Gasteiger partial charge on any atom is 0.490 e. The number of hydrogen-bond donors (Lipinski definition) is 1. The number of nitrogens with zero attached hydrogens (tertiary/aromatic N) is 5. The molecule has 2 aromatic heterocycles. The van der Waals surface area contributed by atoms with Crippen molar-refractivity contribution in [1.29, 1.82) is 0 Å². The number of rotatable bonds is 3. The van der Waals surface area contributed by atoms with Gasteiger partial charge in [0, 0.05) is 39.0 Å². The number of aliphatic carboxylic acids is 1. The molecule has 28 heavy (non-hydrogen) atoms. The molecular formula is C16H18F3N5O4. The average Bonchev–Trinajstić information content (AvgIpc) is 3.03. The minimum atomic E-state index is -5.08. The largest absolute Gasteiger partial charge is 0.490 e.